The molecule has 1 aliphatic heterocycles. The van der Waals surface area contributed by atoms with Crippen molar-refractivity contribution >= 4 is 29.9 Å². The molecule has 132 valence electrons. The van der Waals surface area contributed by atoms with Crippen LogP contribution in [0.1, 0.15) is 19.5 Å². The van der Waals surface area contributed by atoms with Crippen LogP contribution in [-0.4, -0.2) is 73.4 Å². The van der Waals surface area contributed by atoms with E-state index in [-0.39, 0.29) is 29.6 Å². The summed E-state index contributed by atoms with van der Waals surface area (Å²) in [5.41, 5.74) is 0.780. The molecule has 1 aromatic heterocycles. The fraction of sp³-hybridized carbons (Fsp3) is 0.733. The number of methoxy groups -OCH3 is 1. The Morgan fingerprint density at radius 3 is 2.61 bits per heavy atom. The van der Waals surface area contributed by atoms with Crippen molar-refractivity contribution in [1.82, 2.24) is 20.3 Å². The van der Waals surface area contributed by atoms with Crippen molar-refractivity contribution in [1.29, 1.82) is 0 Å². The number of nitrogens with zero attached hydrogens (tertiary/aromatic N) is 4. The lowest BCUT2D eigenvalue weighted by Gasteiger charge is -2.37. The second-order valence-electron chi connectivity index (χ2n) is 6.12. The van der Waals surface area contributed by atoms with Crippen LogP contribution in [0.4, 0.5) is 0 Å². The number of aromatic nitrogens is 1. The van der Waals surface area contributed by atoms with Crippen LogP contribution in [0.5, 0.6) is 0 Å². The van der Waals surface area contributed by atoms with Gasteiger partial charge in [-0.25, -0.2) is 0 Å². The SMILES string of the molecule is CN=C(NCC(C)(C)OC)N1CCN(Cc2ccon2)CC1.I. The van der Waals surface area contributed by atoms with E-state index in [0.717, 1.165) is 50.9 Å². The molecule has 1 aliphatic rings. The number of nitrogens with one attached hydrogen (secondary N) is 1. The van der Waals surface area contributed by atoms with Gasteiger partial charge in [0.25, 0.3) is 0 Å². The lowest BCUT2D eigenvalue weighted by atomic mass is 10.1. The second kappa shape index (κ2) is 9.43. The summed E-state index contributed by atoms with van der Waals surface area (Å²) in [6.45, 7) is 9.56. The van der Waals surface area contributed by atoms with Gasteiger partial charge in [-0.1, -0.05) is 5.16 Å². The Bertz CT molecular complexity index is 470. The van der Waals surface area contributed by atoms with E-state index in [1.54, 1.807) is 13.4 Å². The number of guanidine groups is 1. The molecule has 0 aliphatic carbocycles. The van der Waals surface area contributed by atoms with E-state index >= 15 is 0 Å². The quantitative estimate of drug-likeness (QED) is 0.427. The third-order valence-electron chi connectivity index (χ3n) is 3.99. The average molecular weight is 437 g/mol. The van der Waals surface area contributed by atoms with Crippen LogP contribution in [0.25, 0.3) is 0 Å². The molecular weight excluding hydrogens is 409 g/mol. The molecule has 0 amide bonds. The van der Waals surface area contributed by atoms with Gasteiger partial charge in [-0.2, -0.15) is 0 Å². The van der Waals surface area contributed by atoms with Gasteiger partial charge in [-0.05, 0) is 13.8 Å². The third kappa shape index (κ3) is 6.27. The predicted octanol–water partition coefficient (Wildman–Crippen LogP) is 1.41. The van der Waals surface area contributed by atoms with E-state index in [2.05, 4.69) is 39.1 Å². The van der Waals surface area contributed by atoms with Gasteiger partial charge in [0, 0.05) is 59.5 Å². The molecule has 0 saturated carbocycles. The molecular formula is C15H28IN5O2. The zero-order chi connectivity index (χ0) is 16.0. The topological polar surface area (TPSA) is 66.1 Å². The molecule has 8 heteroatoms. The highest BCUT2D eigenvalue weighted by Gasteiger charge is 2.22. The van der Waals surface area contributed by atoms with Gasteiger partial charge in [0.05, 0.1) is 11.3 Å². The first-order chi connectivity index (χ1) is 10.5. The Hall–Kier alpha value is -0.870. The monoisotopic (exact) mass is 437 g/mol. The number of ether oxygens (including phenoxy) is 1. The van der Waals surface area contributed by atoms with Crippen molar-refractivity contribution < 1.29 is 9.26 Å². The van der Waals surface area contributed by atoms with Crippen LogP contribution < -0.4 is 5.32 Å². The molecule has 0 atom stereocenters. The Kier molecular flexibility index (Phi) is 8.27. The third-order valence-corrected chi connectivity index (χ3v) is 3.99. The van der Waals surface area contributed by atoms with E-state index in [4.69, 9.17) is 9.26 Å². The van der Waals surface area contributed by atoms with Gasteiger partial charge >= 0.3 is 0 Å². The van der Waals surface area contributed by atoms with Crippen molar-refractivity contribution in [2.24, 2.45) is 4.99 Å². The zero-order valence-corrected chi connectivity index (χ0v) is 16.7. The minimum absolute atomic E-state index is 0. The zero-order valence-electron chi connectivity index (χ0n) is 14.4. The van der Waals surface area contributed by atoms with Gasteiger partial charge in [-0.3, -0.25) is 9.89 Å². The van der Waals surface area contributed by atoms with Crippen LogP contribution in [-0.2, 0) is 11.3 Å². The summed E-state index contributed by atoms with van der Waals surface area (Å²) < 4.78 is 10.3. The first-order valence-corrected chi connectivity index (χ1v) is 7.66. The maximum atomic E-state index is 5.44. The summed E-state index contributed by atoms with van der Waals surface area (Å²) in [5.74, 6) is 0.936. The summed E-state index contributed by atoms with van der Waals surface area (Å²) in [6.07, 6.45) is 1.62. The lowest BCUT2D eigenvalue weighted by Crippen LogP contribution is -2.54. The number of hydrogen-bond acceptors (Lipinski definition) is 5. The molecule has 0 aromatic carbocycles. The van der Waals surface area contributed by atoms with Gasteiger partial charge in [-0.15, -0.1) is 24.0 Å². The highest BCUT2D eigenvalue weighted by atomic mass is 127. The number of halogens is 1. The van der Waals surface area contributed by atoms with Crippen LogP contribution in [0, 0.1) is 0 Å². The van der Waals surface area contributed by atoms with Crippen LogP contribution in [0.3, 0.4) is 0 Å². The maximum absolute atomic E-state index is 5.44. The van der Waals surface area contributed by atoms with Crippen LogP contribution in [0.2, 0.25) is 0 Å². The van der Waals surface area contributed by atoms with E-state index < -0.39 is 0 Å². The molecule has 2 heterocycles. The summed E-state index contributed by atoms with van der Waals surface area (Å²) in [6, 6.07) is 1.92. The Morgan fingerprint density at radius 2 is 2.09 bits per heavy atom. The molecule has 23 heavy (non-hydrogen) atoms. The Balaban J connectivity index is 0.00000264. The number of rotatable bonds is 5. The molecule has 1 saturated heterocycles. The molecule has 1 aromatic rings. The van der Waals surface area contributed by atoms with Gasteiger partial charge < -0.3 is 19.5 Å². The largest absolute Gasteiger partial charge is 0.377 e. The van der Waals surface area contributed by atoms with Crippen molar-refractivity contribution in [2.75, 3.05) is 46.9 Å². The Morgan fingerprint density at radius 1 is 1.39 bits per heavy atom. The van der Waals surface area contributed by atoms with E-state index in [1.807, 2.05) is 13.1 Å². The number of hydrogen-bond donors (Lipinski definition) is 1. The minimum atomic E-state index is -0.204. The summed E-state index contributed by atoms with van der Waals surface area (Å²) >= 11 is 0. The molecule has 2 rings (SSSR count). The molecule has 0 unspecified atom stereocenters. The van der Waals surface area contributed by atoms with Crippen LogP contribution in [0.15, 0.2) is 21.8 Å². The summed E-state index contributed by atoms with van der Waals surface area (Å²) in [4.78, 5) is 9.04. The maximum Gasteiger partial charge on any atom is 0.193 e. The van der Waals surface area contributed by atoms with Crippen molar-refractivity contribution in [3.63, 3.8) is 0 Å². The molecule has 0 radical (unpaired) electrons. The fourth-order valence-corrected chi connectivity index (χ4v) is 2.36. The van der Waals surface area contributed by atoms with E-state index in [9.17, 15) is 0 Å². The number of aliphatic imine (C=N–C) groups is 1. The first kappa shape index (κ1) is 20.2. The normalized spacial score (nSPS) is 17.0. The molecule has 0 spiro atoms. The fourth-order valence-electron chi connectivity index (χ4n) is 2.36. The Labute approximate surface area is 155 Å². The first-order valence-electron chi connectivity index (χ1n) is 7.66. The van der Waals surface area contributed by atoms with Gasteiger partial charge in [0.1, 0.15) is 6.26 Å². The second-order valence-corrected chi connectivity index (χ2v) is 6.12. The summed E-state index contributed by atoms with van der Waals surface area (Å²) in [7, 11) is 3.55. The van der Waals surface area contributed by atoms with Crippen molar-refractivity contribution in [3.05, 3.63) is 18.0 Å². The average Bonchev–Trinajstić information content (AvgIpc) is 3.02. The molecule has 1 fully saturated rings. The predicted molar refractivity (Wildman–Crippen MR) is 101 cm³/mol. The molecule has 7 nitrogen and oxygen atoms in total. The highest BCUT2D eigenvalue weighted by Crippen LogP contribution is 2.09. The van der Waals surface area contributed by atoms with Crippen molar-refractivity contribution in [2.45, 2.75) is 26.0 Å². The molecule has 0 bridgehead atoms. The van der Waals surface area contributed by atoms with E-state index in [0.29, 0.717) is 0 Å². The van der Waals surface area contributed by atoms with Crippen LogP contribution >= 0.6 is 24.0 Å². The van der Waals surface area contributed by atoms with Gasteiger partial charge in [0.2, 0.25) is 0 Å². The lowest BCUT2D eigenvalue weighted by molar-refractivity contribution is 0.0261. The number of piperazine rings is 1. The van der Waals surface area contributed by atoms with E-state index in [1.165, 1.54) is 0 Å². The smallest absolute Gasteiger partial charge is 0.193 e. The minimum Gasteiger partial charge on any atom is -0.377 e. The molecule has 1 N–H and O–H groups in total. The highest BCUT2D eigenvalue weighted by molar-refractivity contribution is 14.0. The standard InChI is InChI=1S/C15H27N5O2.HI/c1-15(2,21-4)12-17-14(16-3)20-8-6-19(7-9-20)11-13-5-10-22-18-13;/h5,10H,6-9,11-12H2,1-4H3,(H,16,17);1H. The summed E-state index contributed by atoms with van der Waals surface area (Å²) in [5, 5.41) is 7.36. The van der Waals surface area contributed by atoms with Gasteiger partial charge in [0.15, 0.2) is 5.96 Å². The van der Waals surface area contributed by atoms with Crippen molar-refractivity contribution in [3.8, 4) is 0 Å².